The van der Waals surface area contributed by atoms with Gasteiger partial charge in [0, 0.05) is 0 Å². The average molecular weight is 658 g/mol. The van der Waals surface area contributed by atoms with Crippen LogP contribution in [0.3, 0.4) is 0 Å². The molecule has 0 radical (unpaired) electrons. The van der Waals surface area contributed by atoms with Crippen LogP contribution in [0.25, 0.3) is 0 Å². The molecule has 14 nitrogen and oxygen atoms in total. The quantitative estimate of drug-likeness (QED) is 0.0701. The predicted molar refractivity (Wildman–Crippen MR) is 165 cm³/mol. The van der Waals surface area contributed by atoms with Crippen LogP contribution < -0.4 is 0 Å². The zero-order valence-corrected chi connectivity index (χ0v) is 27.5. The zero-order chi connectivity index (χ0) is 33.3. The highest BCUT2D eigenvalue weighted by Crippen LogP contribution is 2.21. The molecule has 0 aliphatic carbocycles. The van der Waals surface area contributed by atoms with Gasteiger partial charge in [-0.25, -0.2) is 4.79 Å². The maximum absolute atomic E-state index is 12.3. The predicted octanol–water partition coefficient (Wildman–Crippen LogP) is 1.77. The Morgan fingerprint density at radius 1 is 0.522 bits per heavy atom. The van der Waals surface area contributed by atoms with Gasteiger partial charge in [0.15, 0.2) is 0 Å². The van der Waals surface area contributed by atoms with Crippen LogP contribution in [-0.4, -0.2) is 154 Å². The van der Waals surface area contributed by atoms with E-state index in [1.165, 1.54) is 4.90 Å². The first-order valence-corrected chi connectivity index (χ1v) is 15.7. The van der Waals surface area contributed by atoms with E-state index >= 15 is 0 Å². The Morgan fingerprint density at radius 3 is 1.15 bits per heavy atom. The molecule has 0 spiro atoms. The molecule has 0 saturated carbocycles. The molecule has 2 amide bonds. The monoisotopic (exact) mass is 657 g/mol. The van der Waals surface area contributed by atoms with Crippen LogP contribution in [0.5, 0.6) is 0 Å². The highest BCUT2D eigenvalue weighted by molar-refractivity contribution is 6.21. The van der Waals surface area contributed by atoms with Gasteiger partial charge in [0.05, 0.1) is 130 Å². The molecular weight excluding hydrogens is 606 g/mol. The smallest absolute Gasteiger partial charge is 0.332 e. The molecule has 1 aliphatic heterocycles. The van der Waals surface area contributed by atoms with E-state index in [0.717, 1.165) is 0 Å². The van der Waals surface area contributed by atoms with Gasteiger partial charge in [-0.15, -0.1) is 0 Å². The summed E-state index contributed by atoms with van der Waals surface area (Å²) in [4.78, 5) is 37.3. The Bertz CT molecular complexity index is 950. The second kappa shape index (κ2) is 24.6. The summed E-state index contributed by atoms with van der Waals surface area (Å²) in [5.41, 5.74) is 0.359. The highest BCUT2D eigenvalue weighted by atomic mass is 16.6. The maximum Gasteiger partial charge on any atom is 0.332 e. The van der Waals surface area contributed by atoms with Crippen LogP contribution in [0.1, 0.15) is 41.5 Å². The van der Waals surface area contributed by atoms with E-state index in [2.05, 4.69) is 0 Å². The third-order valence-corrected chi connectivity index (χ3v) is 5.95. The maximum atomic E-state index is 12.3. The van der Waals surface area contributed by atoms with E-state index in [1.807, 2.05) is 20.8 Å². The van der Waals surface area contributed by atoms with Gasteiger partial charge in [0.2, 0.25) is 0 Å². The average Bonchev–Trinajstić information content (AvgIpc) is 3.26. The number of hydrogen-bond donors (Lipinski definition) is 0. The number of esters is 1. The van der Waals surface area contributed by atoms with Crippen molar-refractivity contribution < 1.29 is 61.8 Å². The lowest BCUT2D eigenvalue weighted by Gasteiger charge is -2.19. The van der Waals surface area contributed by atoms with Crippen molar-refractivity contribution in [1.29, 1.82) is 0 Å². The molecule has 0 atom stereocenters. The molecule has 1 aromatic carbocycles. The number of ether oxygens (including phenoxy) is 10. The number of rotatable bonds is 29. The molecule has 0 fully saturated rings. The first-order valence-electron chi connectivity index (χ1n) is 15.7. The molecule has 1 aliphatic rings. The lowest BCUT2D eigenvalue weighted by atomic mass is 10.1. The largest absolute Gasteiger partial charge is 0.458 e. The van der Waals surface area contributed by atoms with E-state index in [0.29, 0.717) is 117 Å². The van der Waals surface area contributed by atoms with Crippen LogP contribution in [0.4, 0.5) is 0 Å². The highest BCUT2D eigenvalue weighted by Gasteiger charge is 2.34. The number of carbonyl (C=O) groups is 3. The third-order valence-electron chi connectivity index (χ3n) is 5.95. The summed E-state index contributed by atoms with van der Waals surface area (Å²) < 4.78 is 53.9. The van der Waals surface area contributed by atoms with Crippen molar-refractivity contribution in [2.75, 3.05) is 125 Å². The number of amides is 2. The summed E-state index contributed by atoms with van der Waals surface area (Å²) in [6.45, 7) is 12.7. The van der Waals surface area contributed by atoms with Crippen molar-refractivity contribution in [3.8, 4) is 0 Å². The molecule has 46 heavy (non-hydrogen) atoms. The number of imide groups is 1. The van der Waals surface area contributed by atoms with E-state index in [4.69, 9.17) is 47.4 Å². The minimum absolute atomic E-state index is 0.0907. The summed E-state index contributed by atoms with van der Waals surface area (Å²) in [6.07, 6.45) is 0. The number of nitrogens with zero attached hydrogens (tertiary/aromatic N) is 1. The van der Waals surface area contributed by atoms with Crippen LogP contribution >= 0.6 is 0 Å². The van der Waals surface area contributed by atoms with Gasteiger partial charge in [0.1, 0.15) is 12.2 Å². The Hall–Kier alpha value is -2.53. The Balaban J connectivity index is 1.20. The van der Waals surface area contributed by atoms with Crippen molar-refractivity contribution in [2.24, 2.45) is 0 Å². The molecule has 0 bridgehead atoms. The molecule has 2 rings (SSSR count). The van der Waals surface area contributed by atoms with Gasteiger partial charge in [-0.05, 0) is 32.9 Å². The number of fused-ring (bicyclic) bond motifs is 1. The van der Waals surface area contributed by atoms with Crippen LogP contribution in [0.2, 0.25) is 0 Å². The molecule has 262 valence electrons. The van der Waals surface area contributed by atoms with Crippen LogP contribution in [0, 0.1) is 0 Å². The summed E-state index contributed by atoms with van der Waals surface area (Å²) >= 11 is 0. The topological polar surface area (TPSA) is 147 Å². The molecule has 0 N–H and O–H groups in total. The van der Waals surface area contributed by atoms with Gasteiger partial charge in [0.25, 0.3) is 11.8 Å². The van der Waals surface area contributed by atoms with E-state index in [1.54, 1.807) is 24.3 Å². The first kappa shape index (κ1) is 39.6. The summed E-state index contributed by atoms with van der Waals surface area (Å²) in [5, 5.41) is 0. The van der Waals surface area contributed by atoms with Crippen molar-refractivity contribution >= 4 is 17.8 Å². The molecule has 1 heterocycles. The van der Waals surface area contributed by atoms with Gasteiger partial charge >= 0.3 is 5.97 Å². The van der Waals surface area contributed by atoms with E-state index in [9.17, 15) is 14.4 Å². The van der Waals surface area contributed by atoms with Gasteiger partial charge in [-0.1, -0.05) is 12.1 Å². The standard InChI is InChI=1S/C32H51NO13/c1-32(2,3)46-29(34)26-45-25-24-44-23-22-43-21-20-42-19-18-41-17-16-40-15-14-39-13-12-38-11-10-37-9-8-33-30(35)27-6-4-5-7-28(27)31(33)36/h4-7H,8-26H2,1-3H3. The van der Waals surface area contributed by atoms with Gasteiger partial charge in [-0.3, -0.25) is 14.5 Å². The molecular formula is C32H51NO13. The van der Waals surface area contributed by atoms with Crippen molar-refractivity contribution in [3.05, 3.63) is 35.4 Å². The second-order valence-electron chi connectivity index (χ2n) is 10.8. The minimum atomic E-state index is -0.517. The Morgan fingerprint density at radius 2 is 0.826 bits per heavy atom. The number of hydrogen-bond acceptors (Lipinski definition) is 13. The summed E-state index contributed by atoms with van der Waals surface area (Å²) in [7, 11) is 0. The van der Waals surface area contributed by atoms with Crippen molar-refractivity contribution in [2.45, 2.75) is 26.4 Å². The molecule has 14 heteroatoms. The Labute approximate surface area is 271 Å². The SMILES string of the molecule is CC(C)(C)OC(=O)COCCOCCOCCOCCOCCOCCOCCOCCOCCN1C(=O)c2ccccc2C1=O. The van der Waals surface area contributed by atoms with Gasteiger partial charge in [-0.2, -0.15) is 0 Å². The minimum Gasteiger partial charge on any atom is -0.458 e. The fraction of sp³-hybridized carbons (Fsp3) is 0.719. The molecule has 0 aromatic heterocycles. The van der Waals surface area contributed by atoms with Crippen molar-refractivity contribution in [1.82, 2.24) is 4.90 Å². The van der Waals surface area contributed by atoms with Crippen LogP contribution in [-0.2, 0) is 52.2 Å². The summed E-state index contributed by atoms with van der Waals surface area (Å²) in [6, 6.07) is 6.80. The fourth-order valence-electron chi connectivity index (χ4n) is 3.88. The number of benzene rings is 1. The van der Waals surface area contributed by atoms with E-state index < -0.39 is 11.6 Å². The summed E-state index contributed by atoms with van der Waals surface area (Å²) in [5.74, 6) is -0.957. The fourth-order valence-corrected chi connectivity index (χ4v) is 3.88. The zero-order valence-electron chi connectivity index (χ0n) is 27.5. The first-order chi connectivity index (χ1) is 22.3. The molecule has 1 aromatic rings. The van der Waals surface area contributed by atoms with Crippen molar-refractivity contribution in [3.63, 3.8) is 0 Å². The van der Waals surface area contributed by atoms with Crippen LogP contribution in [0.15, 0.2) is 24.3 Å². The number of carbonyl (C=O) groups excluding carboxylic acids is 3. The molecule has 0 unspecified atom stereocenters. The lowest BCUT2D eigenvalue weighted by molar-refractivity contribution is -0.160. The normalized spacial score (nSPS) is 13.1. The Kier molecular flexibility index (Phi) is 21.2. The lowest BCUT2D eigenvalue weighted by Crippen LogP contribution is -2.33. The van der Waals surface area contributed by atoms with Gasteiger partial charge < -0.3 is 47.4 Å². The van der Waals surface area contributed by atoms with E-state index in [-0.39, 0.29) is 31.6 Å². The third kappa shape index (κ3) is 18.6. The second-order valence-corrected chi connectivity index (χ2v) is 10.8. The molecule has 0 saturated heterocycles.